The van der Waals surface area contributed by atoms with Crippen molar-refractivity contribution in [1.82, 2.24) is 78.4 Å². The fourth-order valence-electron chi connectivity index (χ4n) is 15.8. The number of halogens is 4. The number of nitrogens with zero attached hydrogens (tertiary/aromatic N) is 16. The van der Waals surface area contributed by atoms with Crippen molar-refractivity contribution in [2.75, 3.05) is 87.8 Å². The molecule has 0 N–H and O–H groups in total. The van der Waals surface area contributed by atoms with Gasteiger partial charge in [-0.05, 0) is 52.0 Å². The molecule has 11 fully saturated rings. The maximum Gasteiger partial charge on any atom is 2.00 e. The molecule has 0 aliphatic carbocycles. The molecule has 2 aromatic carbocycles. The van der Waals surface area contributed by atoms with Crippen molar-refractivity contribution in [3.63, 3.8) is 0 Å². The van der Waals surface area contributed by atoms with E-state index in [1.807, 2.05) is 13.8 Å². The van der Waals surface area contributed by atoms with Crippen LogP contribution in [0.4, 0.5) is 38.4 Å². The molecule has 13 heterocycles. The number of rotatable bonds is 12. The summed E-state index contributed by atoms with van der Waals surface area (Å²) in [5.41, 5.74) is -3.02. The number of carbonyl (C=O) groups excluding carboxylic acids is 8. The minimum atomic E-state index is -1.48. The molecule has 13 aliphatic rings. The summed E-state index contributed by atoms with van der Waals surface area (Å²) in [4.78, 5) is 148. The maximum atomic E-state index is 15.5. The van der Waals surface area contributed by atoms with Crippen LogP contribution in [-0.4, -0.2) is 262 Å². The van der Waals surface area contributed by atoms with Crippen molar-refractivity contribution in [2.45, 2.75) is 101 Å². The molecule has 2 aromatic rings. The van der Waals surface area contributed by atoms with E-state index < -0.39 is 109 Å². The number of hydrogen-bond donors (Lipinski definition) is 0. The third kappa shape index (κ3) is 7.67. The molecule has 16 amide bonds. The maximum absolute atomic E-state index is 15.5. The first-order valence-corrected chi connectivity index (χ1v) is 31.6. The van der Waals surface area contributed by atoms with Gasteiger partial charge in [0.15, 0.2) is 47.3 Å². The molecule has 36 heteroatoms. The first-order chi connectivity index (χ1) is 39.4. The van der Waals surface area contributed by atoms with Crippen molar-refractivity contribution < 1.29 is 135 Å². The molecular formula is C50H56Br4N16O12Zn4+8. The van der Waals surface area contributed by atoms with Crippen LogP contribution in [0.25, 0.3) is 0 Å². The van der Waals surface area contributed by atoms with Crippen LogP contribution in [0.5, 0.6) is 23.0 Å². The number of amides is 16. The number of benzene rings is 2. The van der Waals surface area contributed by atoms with Crippen LogP contribution in [0, 0.1) is 0 Å². The molecule has 15 rings (SSSR count). The van der Waals surface area contributed by atoms with Crippen molar-refractivity contribution in [2.24, 2.45) is 0 Å². The van der Waals surface area contributed by atoms with Crippen molar-refractivity contribution in [3.05, 3.63) is 46.5 Å². The molecule has 0 spiro atoms. The molecule has 28 nitrogen and oxygen atoms in total. The summed E-state index contributed by atoms with van der Waals surface area (Å²) in [6.07, 6.45) is -4.42. The number of hydrogen-bond acceptors (Lipinski definition) is 12. The second kappa shape index (κ2) is 22.0. The Kier molecular flexibility index (Phi) is 16.3. The van der Waals surface area contributed by atoms with E-state index in [-0.39, 0.29) is 131 Å². The molecule has 0 radical (unpaired) electrons. The minimum absolute atomic E-state index is 0. The quantitative estimate of drug-likeness (QED) is 0.214. The zero-order valence-corrected chi connectivity index (χ0v) is 66.0. The summed E-state index contributed by atoms with van der Waals surface area (Å²) in [5, 5.41) is 2.18. The van der Waals surface area contributed by atoms with Crippen molar-refractivity contribution in [1.29, 1.82) is 0 Å². The molecule has 0 bridgehead atoms. The van der Waals surface area contributed by atoms with Gasteiger partial charge in [-0.3, -0.25) is 78.4 Å². The topological polar surface area (TPSA) is 225 Å². The first-order valence-electron chi connectivity index (χ1n) is 27.1. The van der Waals surface area contributed by atoms with Gasteiger partial charge in [-0.2, -0.15) is 0 Å². The van der Waals surface area contributed by atoms with Gasteiger partial charge in [-0.15, -0.1) is 0 Å². The van der Waals surface area contributed by atoms with E-state index in [2.05, 4.69) is 63.7 Å². The SMILES string of the molecule is CC12N3Cc4c(OCCBr)ccc(OCCBr)c4CN1C(=O)N1CN4C(=O)N5CN6C(=O)N7CN8C(=O)N9Cc%10c(OCCBr)ccc(OCCBr)c%10CN%10C(=O)N(CN%11C(=O)N(CN%12C(=O)N(CN(C3=O)C12C)C4C%125)C6C%117)C8(C)C%109C.[Zn+2].[Zn+2].[Zn+2].[Zn+2]. The second-order valence-electron chi connectivity index (χ2n) is 22.8. The fraction of sp³-hybridized carbons (Fsp3) is 0.600. The van der Waals surface area contributed by atoms with E-state index in [0.29, 0.717) is 93.0 Å². The van der Waals surface area contributed by atoms with Gasteiger partial charge < -0.3 is 18.9 Å². The summed E-state index contributed by atoms with van der Waals surface area (Å²) in [5.74, 6) is 2.12. The van der Waals surface area contributed by atoms with E-state index in [4.69, 9.17) is 18.9 Å². The summed E-state index contributed by atoms with van der Waals surface area (Å²) in [6, 6.07) is 3.02. The van der Waals surface area contributed by atoms with E-state index in [9.17, 15) is 0 Å². The average Bonchev–Trinajstić information content (AvgIpc) is 1.52. The summed E-state index contributed by atoms with van der Waals surface area (Å²) < 4.78 is 24.9. The van der Waals surface area contributed by atoms with E-state index in [0.717, 1.165) is 0 Å². The predicted molar refractivity (Wildman–Crippen MR) is 295 cm³/mol. The molecule has 11 saturated heterocycles. The second-order valence-corrected chi connectivity index (χ2v) is 26.0. The Bertz CT molecular complexity index is 2900. The third-order valence-corrected chi connectivity index (χ3v) is 21.3. The van der Waals surface area contributed by atoms with Gasteiger partial charge in [-0.1, -0.05) is 63.7 Å². The van der Waals surface area contributed by atoms with Gasteiger partial charge in [0.25, 0.3) is 0 Å². The zero-order chi connectivity index (χ0) is 57.2. The van der Waals surface area contributed by atoms with Crippen LogP contribution in [-0.2, 0) is 104 Å². The van der Waals surface area contributed by atoms with E-state index >= 15 is 38.4 Å². The minimum Gasteiger partial charge on any atom is -0.492 e. The molecule has 0 saturated carbocycles. The zero-order valence-electron chi connectivity index (χ0n) is 47.7. The largest absolute Gasteiger partial charge is 2.00 e. The molecule has 13 aliphatic heterocycles. The van der Waals surface area contributed by atoms with Gasteiger partial charge >= 0.3 is 126 Å². The molecule has 0 unspecified atom stereocenters. The number of urea groups is 8. The van der Waals surface area contributed by atoms with Gasteiger partial charge in [0, 0.05) is 43.6 Å². The van der Waals surface area contributed by atoms with Crippen molar-refractivity contribution in [3.8, 4) is 23.0 Å². The molecule has 0 aromatic heterocycles. The van der Waals surface area contributed by atoms with E-state index in [1.165, 1.54) is 58.8 Å². The van der Waals surface area contributed by atoms with Crippen molar-refractivity contribution >= 4 is 112 Å². The number of ether oxygens (including phenoxy) is 4. The normalized spacial score (nSPS) is 30.8. The molecule has 436 valence electrons. The Morgan fingerprint density at radius 1 is 0.326 bits per heavy atom. The van der Waals surface area contributed by atoms with Crippen LogP contribution in [0.3, 0.4) is 0 Å². The van der Waals surface area contributed by atoms with Gasteiger partial charge in [-0.25, -0.2) is 38.4 Å². The van der Waals surface area contributed by atoms with Crippen LogP contribution in [0.1, 0.15) is 49.9 Å². The first kappa shape index (κ1) is 63.8. The Morgan fingerprint density at radius 2 is 0.512 bits per heavy atom. The van der Waals surface area contributed by atoms with Gasteiger partial charge in [0.1, 0.15) is 63.0 Å². The smallest absolute Gasteiger partial charge is 0.492 e. The monoisotopic (exact) mass is 1640 g/mol. The van der Waals surface area contributed by atoms with Crippen LogP contribution >= 0.6 is 63.7 Å². The number of fused-ring (bicyclic) bond motifs is 2. The van der Waals surface area contributed by atoms with Gasteiger partial charge in [0.05, 0.1) is 52.6 Å². The Hall–Kier alpha value is -3.79. The predicted octanol–water partition coefficient (Wildman–Crippen LogP) is 4.35. The molecule has 86 heavy (non-hydrogen) atoms. The fourth-order valence-corrected chi connectivity index (χ4v) is 16.4. The van der Waals surface area contributed by atoms with Gasteiger partial charge in [0.2, 0.25) is 0 Å². The summed E-state index contributed by atoms with van der Waals surface area (Å²) in [7, 11) is 0. The molecular weight excluding hydrogens is 1600 g/mol. The number of carbonyl (C=O) groups is 8. The standard InChI is InChI=1S/C50H56Br4N16O12.4Zn/c1-47-49(3)67-23-59-37-35-55(39(59)71)21-57-36-38-61(41(57)73)25-69-45(77)65-19-29-30(34(82-16-12-54)8-7-33(29)81-15-11-53)20-66-46(78)70(50(69,4)48(65,66)2)26-62(38)42(74)58(36)22-56(35)40(72)60(37)24-68(49)44(76)64(47)18-28-27(17-63(47)43(67)75)31(79-13-9-51)5-6-32(28)80-14-10-52;;;;/h5-8,35-38H,9-26H2,1-4H3;;;;/q;4*+2. The third-order valence-electron chi connectivity index (χ3n) is 20.0. The Morgan fingerprint density at radius 3 is 0.709 bits per heavy atom. The Balaban J connectivity index is 0.00000192. The summed E-state index contributed by atoms with van der Waals surface area (Å²) >= 11 is 13.8. The van der Waals surface area contributed by atoms with Crippen LogP contribution in [0.15, 0.2) is 24.3 Å². The van der Waals surface area contributed by atoms with Crippen LogP contribution in [0.2, 0.25) is 0 Å². The van der Waals surface area contributed by atoms with Crippen LogP contribution < -0.4 is 18.9 Å². The average molecular weight is 1650 g/mol. The van der Waals surface area contributed by atoms with E-state index in [1.54, 1.807) is 57.7 Å². The summed E-state index contributed by atoms with van der Waals surface area (Å²) in [6.45, 7) is 6.44. The number of alkyl halides is 4. The Labute approximate surface area is 578 Å². The molecule has 0 atom stereocenters.